The number of urea groups is 1. The van der Waals surface area contributed by atoms with Crippen molar-refractivity contribution in [3.05, 3.63) is 0 Å². The Kier molecular flexibility index (Phi) is 5.44. The van der Waals surface area contributed by atoms with E-state index in [0.29, 0.717) is 12.3 Å². The molecule has 1 fully saturated rings. The quantitative estimate of drug-likeness (QED) is 0.818. The summed E-state index contributed by atoms with van der Waals surface area (Å²) >= 11 is 0. The van der Waals surface area contributed by atoms with Gasteiger partial charge in [-0.25, -0.2) is 9.59 Å². The first-order valence-corrected chi connectivity index (χ1v) is 6.75. The Morgan fingerprint density at radius 1 is 1.44 bits per heavy atom. The molecule has 5 nitrogen and oxygen atoms in total. The van der Waals surface area contributed by atoms with Gasteiger partial charge in [0.1, 0.15) is 6.04 Å². The van der Waals surface area contributed by atoms with Crippen molar-refractivity contribution in [1.82, 2.24) is 9.80 Å². The summed E-state index contributed by atoms with van der Waals surface area (Å²) < 4.78 is 0. The highest BCUT2D eigenvalue weighted by Gasteiger charge is 2.32. The fourth-order valence-corrected chi connectivity index (χ4v) is 2.62. The molecular formula is C13H24N2O3. The Bertz CT molecular complexity index is 307. The lowest BCUT2D eigenvalue weighted by atomic mass is 10.0. The van der Waals surface area contributed by atoms with E-state index < -0.39 is 12.0 Å². The molecule has 2 unspecified atom stereocenters. The van der Waals surface area contributed by atoms with E-state index >= 15 is 0 Å². The van der Waals surface area contributed by atoms with Crippen LogP contribution in [0.3, 0.4) is 0 Å². The number of likely N-dealkylation sites (N-methyl/N-ethyl adjacent to an activating group) is 1. The van der Waals surface area contributed by atoms with Gasteiger partial charge in [0.05, 0.1) is 0 Å². The van der Waals surface area contributed by atoms with E-state index in [-0.39, 0.29) is 6.03 Å². The molecule has 0 bridgehead atoms. The minimum atomic E-state index is -0.933. The lowest BCUT2D eigenvalue weighted by molar-refractivity contribution is -0.142. The highest BCUT2D eigenvalue weighted by atomic mass is 16.4. The zero-order valence-corrected chi connectivity index (χ0v) is 11.6. The third-order valence-corrected chi connectivity index (χ3v) is 3.69. The van der Waals surface area contributed by atoms with Gasteiger partial charge in [-0.15, -0.1) is 0 Å². The first-order chi connectivity index (χ1) is 8.51. The zero-order chi connectivity index (χ0) is 13.7. The van der Waals surface area contributed by atoms with E-state index in [9.17, 15) is 9.59 Å². The Hall–Kier alpha value is -1.26. The second-order valence-electron chi connectivity index (χ2n) is 5.05. The Morgan fingerprint density at radius 2 is 2.11 bits per heavy atom. The number of carboxylic acids is 1. The van der Waals surface area contributed by atoms with Crippen LogP contribution in [-0.2, 0) is 4.79 Å². The maximum atomic E-state index is 12.2. The summed E-state index contributed by atoms with van der Waals surface area (Å²) in [6.45, 7) is 5.46. The molecule has 104 valence electrons. The van der Waals surface area contributed by atoms with Crippen molar-refractivity contribution < 1.29 is 14.7 Å². The first-order valence-electron chi connectivity index (χ1n) is 6.75. The highest BCUT2D eigenvalue weighted by molar-refractivity contribution is 5.82. The van der Waals surface area contributed by atoms with Crippen LogP contribution in [0.15, 0.2) is 0 Å². The average molecular weight is 256 g/mol. The van der Waals surface area contributed by atoms with Gasteiger partial charge in [-0.2, -0.15) is 0 Å². The third-order valence-electron chi connectivity index (χ3n) is 3.69. The van der Waals surface area contributed by atoms with Gasteiger partial charge in [0.25, 0.3) is 0 Å². The number of carbonyl (C=O) groups excluding carboxylic acids is 1. The molecule has 0 aliphatic carbocycles. The van der Waals surface area contributed by atoms with Crippen LogP contribution in [-0.4, -0.2) is 53.1 Å². The van der Waals surface area contributed by atoms with E-state index in [1.807, 2.05) is 0 Å². The summed E-state index contributed by atoms with van der Waals surface area (Å²) in [5.41, 5.74) is 0. The standard InChI is InChI=1S/C13H24N2O3/c1-4-6-10-7-8-15(9-10)13(18)14(3)11(5-2)12(16)17/h10-11H,4-9H2,1-3H3,(H,16,17). The fraction of sp³-hybridized carbons (Fsp3) is 0.846. The van der Waals surface area contributed by atoms with Crippen LogP contribution >= 0.6 is 0 Å². The predicted octanol–water partition coefficient (Wildman–Crippen LogP) is 2.02. The van der Waals surface area contributed by atoms with Gasteiger partial charge in [-0.05, 0) is 25.2 Å². The number of rotatable bonds is 5. The molecule has 0 aromatic carbocycles. The Balaban J connectivity index is 2.57. The van der Waals surface area contributed by atoms with Gasteiger partial charge in [0, 0.05) is 20.1 Å². The van der Waals surface area contributed by atoms with Crippen molar-refractivity contribution in [2.45, 2.75) is 45.6 Å². The number of carboxylic acid groups (broad SMARTS) is 1. The van der Waals surface area contributed by atoms with E-state index in [1.54, 1.807) is 18.9 Å². The van der Waals surface area contributed by atoms with Crippen molar-refractivity contribution in [2.24, 2.45) is 5.92 Å². The summed E-state index contributed by atoms with van der Waals surface area (Å²) in [5.74, 6) is -0.352. The van der Waals surface area contributed by atoms with Crippen LogP contribution < -0.4 is 0 Å². The molecule has 1 saturated heterocycles. The van der Waals surface area contributed by atoms with Crippen molar-refractivity contribution >= 4 is 12.0 Å². The number of hydrogen-bond acceptors (Lipinski definition) is 2. The normalized spacial score (nSPS) is 20.8. The number of carbonyl (C=O) groups is 2. The summed E-state index contributed by atoms with van der Waals surface area (Å²) in [6.07, 6.45) is 3.75. The van der Waals surface area contributed by atoms with E-state index in [4.69, 9.17) is 5.11 Å². The van der Waals surface area contributed by atoms with Crippen LogP contribution in [0.25, 0.3) is 0 Å². The van der Waals surface area contributed by atoms with Crippen LogP contribution in [0.5, 0.6) is 0 Å². The SMILES string of the molecule is CCCC1CCN(C(=O)N(C)C(CC)C(=O)O)C1. The van der Waals surface area contributed by atoms with Crippen LogP contribution in [0.1, 0.15) is 39.5 Å². The number of amides is 2. The zero-order valence-electron chi connectivity index (χ0n) is 11.6. The number of aliphatic carboxylic acids is 1. The molecule has 18 heavy (non-hydrogen) atoms. The van der Waals surface area contributed by atoms with Crippen LogP contribution in [0, 0.1) is 5.92 Å². The number of nitrogens with zero attached hydrogens (tertiary/aromatic N) is 2. The lowest BCUT2D eigenvalue weighted by Gasteiger charge is -2.28. The topological polar surface area (TPSA) is 60.9 Å². The second kappa shape index (κ2) is 6.61. The van der Waals surface area contributed by atoms with E-state index in [0.717, 1.165) is 32.4 Å². The number of hydrogen-bond donors (Lipinski definition) is 1. The first kappa shape index (κ1) is 14.8. The Labute approximate surface area is 109 Å². The summed E-state index contributed by atoms with van der Waals surface area (Å²) in [7, 11) is 1.58. The molecule has 0 spiro atoms. The molecule has 1 aliphatic heterocycles. The maximum Gasteiger partial charge on any atom is 0.326 e. The molecule has 1 heterocycles. The predicted molar refractivity (Wildman–Crippen MR) is 69.5 cm³/mol. The molecule has 0 aromatic heterocycles. The summed E-state index contributed by atoms with van der Waals surface area (Å²) in [4.78, 5) is 26.4. The van der Waals surface area contributed by atoms with Gasteiger partial charge in [0.2, 0.25) is 0 Å². The van der Waals surface area contributed by atoms with Gasteiger partial charge < -0.3 is 14.9 Å². The third kappa shape index (κ3) is 3.37. The van der Waals surface area contributed by atoms with Crippen molar-refractivity contribution in [2.75, 3.05) is 20.1 Å². The molecule has 2 atom stereocenters. The van der Waals surface area contributed by atoms with Crippen LogP contribution in [0.2, 0.25) is 0 Å². The molecule has 0 saturated carbocycles. The van der Waals surface area contributed by atoms with Gasteiger partial charge in [-0.1, -0.05) is 20.3 Å². The molecule has 0 aromatic rings. The molecule has 1 aliphatic rings. The van der Waals surface area contributed by atoms with E-state index in [2.05, 4.69) is 6.92 Å². The maximum absolute atomic E-state index is 12.2. The lowest BCUT2D eigenvalue weighted by Crippen LogP contribution is -2.48. The fourth-order valence-electron chi connectivity index (χ4n) is 2.62. The van der Waals surface area contributed by atoms with Gasteiger partial charge in [-0.3, -0.25) is 0 Å². The Morgan fingerprint density at radius 3 is 2.61 bits per heavy atom. The molecular weight excluding hydrogens is 232 g/mol. The molecule has 0 radical (unpaired) electrons. The minimum absolute atomic E-state index is 0.150. The van der Waals surface area contributed by atoms with Crippen LogP contribution in [0.4, 0.5) is 4.79 Å². The number of likely N-dealkylation sites (tertiary alicyclic amines) is 1. The molecule has 2 amide bonds. The average Bonchev–Trinajstić information content (AvgIpc) is 2.77. The summed E-state index contributed by atoms with van der Waals surface area (Å²) in [5, 5.41) is 9.06. The minimum Gasteiger partial charge on any atom is -0.480 e. The summed E-state index contributed by atoms with van der Waals surface area (Å²) in [6, 6.07) is -0.870. The smallest absolute Gasteiger partial charge is 0.326 e. The van der Waals surface area contributed by atoms with Crippen molar-refractivity contribution in [3.63, 3.8) is 0 Å². The second-order valence-corrected chi connectivity index (χ2v) is 5.05. The monoisotopic (exact) mass is 256 g/mol. The van der Waals surface area contributed by atoms with E-state index in [1.165, 1.54) is 4.90 Å². The largest absolute Gasteiger partial charge is 0.480 e. The van der Waals surface area contributed by atoms with Crippen molar-refractivity contribution in [1.29, 1.82) is 0 Å². The van der Waals surface area contributed by atoms with Crippen molar-refractivity contribution in [3.8, 4) is 0 Å². The molecule has 1 N–H and O–H groups in total. The van der Waals surface area contributed by atoms with Gasteiger partial charge in [0.15, 0.2) is 0 Å². The molecule has 1 rings (SSSR count). The molecule has 5 heteroatoms. The highest BCUT2D eigenvalue weighted by Crippen LogP contribution is 2.22. The van der Waals surface area contributed by atoms with Gasteiger partial charge >= 0.3 is 12.0 Å².